The van der Waals surface area contributed by atoms with E-state index in [2.05, 4.69) is 31.9 Å². The Morgan fingerprint density at radius 3 is 1.69 bits per heavy atom. The van der Waals surface area contributed by atoms with E-state index in [4.69, 9.17) is 0 Å². The lowest BCUT2D eigenvalue weighted by Crippen LogP contribution is -2.59. The van der Waals surface area contributed by atoms with E-state index in [1.54, 1.807) is 30.3 Å². The monoisotopic (exact) mass is 506 g/mol. The summed E-state index contributed by atoms with van der Waals surface area (Å²) in [5.41, 5.74) is 0.683. The van der Waals surface area contributed by atoms with Gasteiger partial charge in [-0.1, -0.05) is 30.3 Å². The standard InChI is InChI=1S/C22H30N6O8/c1-12-19(33)23-8-17(31)27-16(11-30)22(36)28-14(7-13-5-3-2-4-6-13)20(34)24-9-18(32)26-15(10-29)21(35)25-12/h2-6,12,14-16,29-30H,7-11H2,1H3,(H,23,33)(H,24,34)(H,25,35)(H,26,32)(H,27,31)(H,28,36)/t12-,14-,15-,16-/m0/s1. The third kappa shape index (κ3) is 8.63. The molecule has 0 saturated carbocycles. The highest BCUT2D eigenvalue weighted by Gasteiger charge is 2.29. The minimum Gasteiger partial charge on any atom is -0.394 e. The summed E-state index contributed by atoms with van der Waals surface area (Å²) in [7, 11) is 0. The number of hydrogen-bond donors (Lipinski definition) is 8. The molecule has 0 aromatic heterocycles. The fourth-order valence-electron chi connectivity index (χ4n) is 3.20. The van der Waals surface area contributed by atoms with Gasteiger partial charge in [0.05, 0.1) is 26.3 Å². The molecule has 0 bridgehead atoms. The molecule has 1 aliphatic rings. The van der Waals surface area contributed by atoms with Crippen molar-refractivity contribution >= 4 is 35.4 Å². The summed E-state index contributed by atoms with van der Waals surface area (Å²) in [6.45, 7) is -1.41. The second-order valence-corrected chi connectivity index (χ2v) is 8.02. The van der Waals surface area contributed by atoms with E-state index in [-0.39, 0.29) is 6.42 Å². The molecule has 0 unspecified atom stereocenters. The zero-order valence-corrected chi connectivity index (χ0v) is 19.6. The van der Waals surface area contributed by atoms with E-state index in [9.17, 15) is 39.0 Å². The predicted molar refractivity (Wildman–Crippen MR) is 124 cm³/mol. The molecule has 1 aliphatic heterocycles. The Morgan fingerprint density at radius 2 is 1.17 bits per heavy atom. The molecule has 6 amide bonds. The van der Waals surface area contributed by atoms with Crippen molar-refractivity contribution in [1.29, 1.82) is 0 Å². The van der Waals surface area contributed by atoms with Crippen LogP contribution in [0.25, 0.3) is 0 Å². The highest BCUT2D eigenvalue weighted by atomic mass is 16.3. The number of amides is 6. The molecule has 1 aromatic carbocycles. The van der Waals surface area contributed by atoms with Crippen LogP contribution in [0.15, 0.2) is 30.3 Å². The predicted octanol–water partition coefficient (Wildman–Crippen LogP) is -4.58. The van der Waals surface area contributed by atoms with Crippen LogP contribution in [-0.2, 0) is 35.2 Å². The topological polar surface area (TPSA) is 215 Å². The van der Waals surface area contributed by atoms with E-state index < -0.39 is 85.9 Å². The van der Waals surface area contributed by atoms with Crippen LogP contribution >= 0.6 is 0 Å². The Labute approximate surface area is 206 Å². The summed E-state index contributed by atoms with van der Waals surface area (Å²) in [5, 5.41) is 32.9. The van der Waals surface area contributed by atoms with Crippen LogP contribution in [-0.4, -0.2) is 96.1 Å². The third-order valence-corrected chi connectivity index (χ3v) is 5.18. The van der Waals surface area contributed by atoms with Gasteiger partial charge in [0.15, 0.2) is 0 Å². The van der Waals surface area contributed by atoms with Gasteiger partial charge < -0.3 is 42.1 Å². The first-order valence-electron chi connectivity index (χ1n) is 11.1. The van der Waals surface area contributed by atoms with E-state index in [1.807, 2.05) is 0 Å². The molecule has 0 radical (unpaired) electrons. The average Bonchev–Trinajstić information content (AvgIpc) is 2.86. The lowest BCUT2D eigenvalue weighted by molar-refractivity contribution is -0.135. The number of nitrogens with one attached hydrogen (secondary N) is 6. The maximum atomic E-state index is 12.8. The van der Waals surface area contributed by atoms with Crippen LogP contribution in [0.1, 0.15) is 12.5 Å². The van der Waals surface area contributed by atoms with Crippen molar-refractivity contribution in [1.82, 2.24) is 31.9 Å². The summed E-state index contributed by atoms with van der Waals surface area (Å²) in [4.78, 5) is 74.6. The third-order valence-electron chi connectivity index (χ3n) is 5.18. The van der Waals surface area contributed by atoms with Gasteiger partial charge in [0.25, 0.3) is 0 Å². The molecule has 1 aromatic rings. The van der Waals surface area contributed by atoms with Gasteiger partial charge in [0.2, 0.25) is 35.4 Å². The van der Waals surface area contributed by atoms with Gasteiger partial charge in [-0.2, -0.15) is 0 Å². The fourth-order valence-corrected chi connectivity index (χ4v) is 3.20. The van der Waals surface area contributed by atoms with Crippen LogP contribution in [0.3, 0.4) is 0 Å². The van der Waals surface area contributed by atoms with E-state index in [1.165, 1.54) is 6.92 Å². The minimum absolute atomic E-state index is 0.0295. The molecular weight excluding hydrogens is 476 g/mol. The second kappa shape index (κ2) is 13.7. The fraction of sp³-hybridized carbons (Fsp3) is 0.455. The summed E-state index contributed by atoms with van der Waals surface area (Å²) < 4.78 is 0. The minimum atomic E-state index is -1.43. The van der Waals surface area contributed by atoms with Gasteiger partial charge in [-0.15, -0.1) is 0 Å². The molecule has 36 heavy (non-hydrogen) atoms. The van der Waals surface area contributed by atoms with E-state index in [0.717, 1.165) is 0 Å². The van der Waals surface area contributed by atoms with Crippen LogP contribution in [0.2, 0.25) is 0 Å². The van der Waals surface area contributed by atoms with Crippen LogP contribution in [0, 0.1) is 0 Å². The number of hydrogen-bond acceptors (Lipinski definition) is 8. The molecule has 1 saturated heterocycles. The molecule has 8 N–H and O–H groups in total. The Balaban J connectivity index is 2.26. The van der Waals surface area contributed by atoms with E-state index in [0.29, 0.717) is 5.56 Å². The van der Waals surface area contributed by atoms with Gasteiger partial charge in [0, 0.05) is 6.42 Å². The molecular formula is C22H30N6O8. The van der Waals surface area contributed by atoms with Gasteiger partial charge in [-0.25, -0.2) is 0 Å². The molecule has 4 atom stereocenters. The number of benzene rings is 1. The first-order valence-corrected chi connectivity index (χ1v) is 11.1. The number of carbonyl (C=O) groups is 6. The maximum absolute atomic E-state index is 12.8. The molecule has 14 nitrogen and oxygen atoms in total. The van der Waals surface area contributed by atoms with Crippen molar-refractivity contribution in [3.63, 3.8) is 0 Å². The highest BCUT2D eigenvalue weighted by Crippen LogP contribution is 2.04. The van der Waals surface area contributed by atoms with Crippen molar-refractivity contribution < 1.29 is 39.0 Å². The molecule has 0 aliphatic carbocycles. The van der Waals surface area contributed by atoms with Crippen molar-refractivity contribution in [2.45, 2.75) is 37.5 Å². The van der Waals surface area contributed by atoms with Gasteiger partial charge >= 0.3 is 0 Å². The van der Waals surface area contributed by atoms with Crippen molar-refractivity contribution in [3.05, 3.63) is 35.9 Å². The Hall–Kier alpha value is -4.04. The first kappa shape index (κ1) is 28.2. The smallest absolute Gasteiger partial charge is 0.245 e. The lowest BCUT2D eigenvalue weighted by Gasteiger charge is -2.23. The zero-order valence-electron chi connectivity index (χ0n) is 19.6. The number of rotatable bonds is 4. The molecule has 2 rings (SSSR count). The lowest BCUT2D eigenvalue weighted by atomic mass is 10.0. The van der Waals surface area contributed by atoms with E-state index >= 15 is 0 Å². The molecule has 0 spiro atoms. The zero-order chi connectivity index (χ0) is 26.7. The molecule has 14 heteroatoms. The highest BCUT2D eigenvalue weighted by molar-refractivity contribution is 5.96. The first-order chi connectivity index (χ1) is 17.1. The van der Waals surface area contributed by atoms with Crippen LogP contribution < -0.4 is 31.9 Å². The van der Waals surface area contributed by atoms with Gasteiger partial charge in [-0.3, -0.25) is 28.8 Å². The van der Waals surface area contributed by atoms with Gasteiger partial charge in [0.1, 0.15) is 24.2 Å². The van der Waals surface area contributed by atoms with Gasteiger partial charge in [-0.05, 0) is 12.5 Å². The summed E-state index contributed by atoms with van der Waals surface area (Å²) in [5.74, 6) is -4.82. The molecule has 1 fully saturated rings. The van der Waals surface area contributed by atoms with Crippen molar-refractivity contribution in [2.24, 2.45) is 0 Å². The average molecular weight is 507 g/mol. The quantitative estimate of drug-likeness (QED) is 0.198. The number of aliphatic hydroxyl groups excluding tert-OH is 2. The molecule has 1 heterocycles. The van der Waals surface area contributed by atoms with Crippen LogP contribution in [0.4, 0.5) is 0 Å². The summed E-state index contributed by atoms with van der Waals surface area (Å²) in [6, 6.07) is 3.52. The summed E-state index contributed by atoms with van der Waals surface area (Å²) >= 11 is 0. The largest absolute Gasteiger partial charge is 0.394 e. The maximum Gasteiger partial charge on any atom is 0.245 e. The normalized spacial score (nSPS) is 25.2. The van der Waals surface area contributed by atoms with Crippen molar-refractivity contribution in [3.8, 4) is 0 Å². The second-order valence-electron chi connectivity index (χ2n) is 8.02. The SMILES string of the molecule is C[C@@H]1NC(=O)[C@H](CO)NC(=O)CNC(=O)[C@H](Cc2ccccc2)NC(=O)[C@H](CO)NC(=O)CNC1=O. The Kier molecular flexibility index (Phi) is 10.8. The number of carbonyl (C=O) groups excluding carboxylic acids is 6. The summed E-state index contributed by atoms with van der Waals surface area (Å²) in [6.07, 6.45) is 0.0295. The van der Waals surface area contributed by atoms with Crippen molar-refractivity contribution in [2.75, 3.05) is 26.3 Å². The number of aliphatic hydroxyl groups is 2. The Bertz CT molecular complexity index is 973. The van der Waals surface area contributed by atoms with Crippen LogP contribution in [0.5, 0.6) is 0 Å². The Morgan fingerprint density at radius 1 is 0.667 bits per heavy atom. The molecule has 196 valence electrons.